The zero-order valence-corrected chi connectivity index (χ0v) is 14.0. The van der Waals surface area contributed by atoms with Gasteiger partial charge in [0.05, 0.1) is 0 Å². The van der Waals surface area contributed by atoms with E-state index in [0.717, 1.165) is 29.7 Å². The summed E-state index contributed by atoms with van der Waals surface area (Å²) in [5.41, 5.74) is 2.16. The molecule has 0 heterocycles. The fourth-order valence-electron chi connectivity index (χ4n) is 2.65. The summed E-state index contributed by atoms with van der Waals surface area (Å²) in [6.45, 7) is 6.81. The summed E-state index contributed by atoms with van der Waals surface area (Å²) < 4.78 is 0. The van der Waals surface area contributed by atoms with Gasteiger partial charge in [-0.25, -0.2) is 0 Å². The van der Waals surface area contributed by atoms with Crippen LogP contribution in [0.1, 0.15) is 43.7 Å². The lowest BCUT2D eigenvalue weighted by atomic mass is 10.0. The molecule has 4 heteroatoms. The van der Waals surface area contributed by atoms with E-state index in [1.54, 1.807) is 11.9 Å². The largest absolute Gasteiger partial charge is 0.345 e. The van der Waals surface area contributed by atoms with Gasteiger partial charge in [0, 0.05) is 19.3 Å². The molecule has 0 atom stereocenters. The number of anilines is 1. The molecule has 0 radical (unpaired) electrons. The Morgan fingerprint density at radius 1 is 1.27 bits per heavy atom. The second kappa shape index (κ2) is 6.51. The van der Waals surface area contributed by atoms with Gasteiger partial charge in [-0.3, -0.25) is 9.59 Å². The van der Waals surface area contributed by atoms with Crippen molar-refractivity contribution in [2.45, 2.75) is 46.5 Å². The third kappa shape index (κ3) is 3.16. The lowest BCUT2D eigenvalue weighted by molar-refractivity contribution is -0.141. The Labute approximate surface area is 132 Å². The van der Waals surface area contributed by atoms with Crippen LogP contribution >= 0.6 is 0 Å². The molecule has 1 N–H and O–H groups in total. The summed E-state index contributed by atoms with van der Waals surface area (Å²) in [6, 6.07) is 5.83. The Morgan fingerprint density at radius 2 is 1.95 bits per heavy atom. The van der Waals surface area contributed by atoms with Gasteiger partial charge in [-0.15, -0.1) is 0 Å². The summed E-state index contributed by atoms with van der Waals surface area (Å²) in [5, 5.41) is 2.96. The van der Waals surface area contributed by atoms with Crippen LogP contribution in [0.25, 0.3) is 0 Å². The fraction of sp³-hybridized carbons (Fsp3) is 0.556. The van der Waals surface area contributed by atoms with Gasteiger partial charge >= 0.3 is 0 Å². The van der Waals surface area contributed by atoms with Crippen molar-refractivity contribution in [1.29, 1.82) is 0 Å². The zero-order chi connectivity index (χ0) is 16.3. The minimum atomic E-state index is -0.835. The minimum Gasteiger partial charge on any atom is -0.345 e. The van der Waals surface area contributed by atoms with E-state index < -0.39 is 5.41 Å². The van der Waals surface area contributed by atoms with Gasteiger partial charge in [-0.1, -0.05) is 25.5 Å². The molecule has 1 saturated carbocycles. The van der Waals surface area contributed by atoms with Crippen LogP contribution in [0.2, 0.25) is 0 Å². The highest BCUT2D eigenvalue weighted by molar-refractivity contribution is 6.13. The van der Waals surface area contributed by atoms with E-state index in [2.05, 4.69) is 12.2 Å². The average molecular weight is 302 g/mol. The quantitative estimate of drug-likeness (QED) is 0.820. The summed E-state index contributed by atoms with van der Waals surface area (Å²) in [4.78, 5) is 26.9. The van der Waals surface area contributed by atoms with Crippen LogP contribution < -0.4 is 5.32 Å². The first-order chi connectivity index (χ1) is 10.4. The molecule has 1 aromatic carbocycles. The second-order valence-corrected chi connectivity index (χ2v) is 6.36. The molecule has 0 bridgehead atoms. The molecule has 120 valence electrons. The first kappa shape index (κ1) is 16.5. The van der Waals surface area contributed by atoms with Gasteiger partial charge in [0.2, 0.25) is 11.8 Å². The maximum absolute atomic E-state index is 12.6. The Bertz CT molecular complexity index is 576. The van der Waals surface area contributed by atoms with Gasteiger partial charge in [-0.2, -0.15) is 0 Å². The Morgan fingerprint density at radius 3 is 2.55 bits per heavy atom. The summed E-state index contributed by atoms with van der Waals surface area (Å²) >= 11 is 0. The lowest BCUT2D eigenvalue weighted by Gasteiger charge is -2.23. The lowest BCUT2D eigenvalue weighted by Crippen LogP contribution is -2.41. The number of hydrogen-bond acceptors (Lipinski definition) is 2. The van der Waals surface area contributed by atoms with Crippen molar-refractivity contribution in [2.75, 3.05) is 18.9 Å². The predicted molar refractivity (Wildman–Crippen MR) is 88.8 cm³/mol. The molecule has 0 spiro atoms. The zero-order valence-electron chi connectivity index (χ0n) is 14.0. The molecular formula is C18H26N2O2. The topological polar surface area (TPSA) is 49.4 Å². The van der Waals surface area contributed by atoms with Crippen LogP contribution in [0.5, 0.6) is 0 Å². The molecule has 0 aromatic heterocycles. The second-order valence-electron chi connectivity index (χ2n) is 6.36. The van der Waals surface area contributed by atoms with E-state index in [9.17, 15) is 9.59 Å². The molecule has 0 aliphatic heterocycles. The van der Waals surface area contributed by atoms with E-state index in [4.69, 9.17) is 0 Å². The van der Waals surface area contributed by atoms with Gasteiger partial charge in [0.25, 0.3) is 0 Å². The number of hydrogen-bond donors (Lipinski definition) is 1. The molecule has 4 nitrogen and oxygen atoms in total. The number of amides is 2. The molecular weight excluding hydrogens is 276 g/mol. The maximum atomic E-state index is 12.6. The van der Waals surface area contributed by atoms with E-state index in [1.165, 1.54) is 0 Å². The van der Waals surface area contributed by atoms with Crippen molar-refractivity contribution in [3.63, 3.8) is 0 Å². The van der Waals surface area contributed by atoms with Gasteiger partial charge in [0.15, 0.2) is 0 Å². The number of nitrogens with one attached hydrogen (secondary N) is 1. The minimum absolute atomic E-state index is 0.0382. The highest BCUT2D eigenvalue weighted by Gasteiger charge is 2.57. The van der Waals surface area contributed by atoms with E-state index in [-0.39, 0.29) is 11.8 Å². The van der Waals surface area contributed by atoms with Crippen LogP contribution in [-0.4, -0.2) is 30.3 Å². The summed E-state index contributed by atoms with van der Waals surface area (Å²) in [7, 11) is 1.79. The number of rotatable bonds is 6. The molecule has 1 aliphatic rings. The Hall–Kier alpha value is -1.84. The number of benzene rings is 1. The SMILES string of the molecule is CCCCN(C)C(=O)C1(C(=O)Nc2cccc(C)c2C)CC1. The van der Waals surface area contributed by atoms with Crippen LogP contribution in [-0.2, 0) is 9.59 Å². The van der Waals surface area contributed by atoms with Crippen LogP contribution in [0.3, 0.4) is 0 Å². The van der Waals surface area contributed by atoms with Crippen molar-refractivity contribution in [2.24, 2.45) is 5.41 Å². The predicted octanol–water partition coefficient (Wildman–Crippen LogP) is 3.28. The average Bonchev–Trinajstić information content (AvgIpc) is 3.30. The maximum Gasteiger partial charge on any atom is 0.240 e. The molecule has 1 aromatic rings. The third-order valence-electron chi connectivity index (χ3n) is 4.64. The first-order valence-electron chi connectivity index (χ1n) is 8.05. The number of carbonyl (C=O) groups is 2. The molecule has 0 saturated heterocycles. The first-order valence-corrected chi connectivity index (χ1v) is 8.05. The normalized spacial score (nSPS) is 15.3. The van der Waals surface area contributed by atoms with Crippen LogP contribution in [0, 0.1) is 19.3 Å². The summed E-state index contributed by atoms with van der Waals surface area (Å²) in [5.74, 6) is -0.196. The third-order valence-corrected chi connectivity index (χ3v) is 4.64. The van der Waals surface area contributed by atoms with Crippen molar-refractivity contribution in [3.8, 4) is 0 Å². The summed E-state index contributed by atoms with van der Waals surface area (Å²) in [6.07, 6.45) is 3.31. The standard InChI is InChI=1S/C18H26N2O2/c1-5-6-12-20(4)17(22)18(10-11-18)16(21)19-15-9-7-8-13(2)14(15)3/h7-9H,5-6,10-12H2,1-4H3,(H,19,21). The number of unbranched alkanes of at least 4 members (excludes halogenated alkanes) is 1. The fourth-order valence-corrected chi connectivity index (χ4v) is 2.65. The van der Waals surface area contributed by atoms with Crippen LogP contribution in [0.15, 0.2) is 18.2 Å². The molecule has 0 unspecified atom stereocenters. The van der Waals surface area contributed by atoms with Gasteiger partial charge in [-0.05, 0) is 50.3 Å². The van der Waals surface area contributed by atoms with Crippen molar-refractivity contribution < 1.29 is 9.59 Å². The van der Waals surface area contributed by atoms with Crippen molar-refractivity contribution in [1.82, 2.24) is 4.90 Å². The van der Waals surface area contributed by atoms with E-state index in [1.807, 2.05) is 32.0 Å². The van der Waals surface area contributed by atoms with E-state index >= 15 is 0 Å². The monoisotopic (exact) mass is 302 g/mol. The number of aryl methyl sites for hydroxylation is 1. The molecule has 2 rings (SSSR count). The molecule has 1 fully saturated rings. The highest BCUT2D eigenvalue weighted by atomic mass is 16.2. The van der Waals surface area contributed by atoms with E-state index in [0.29, 0.717) is 19.4 Å². The van der Waals surface area contributed by atoms with Crippen molar-refractivity contribution in [3.05, 3.63) is 29.3 Å². The Kier molecular flexibility index (Phi) is 4.89. The smallest absolute Gasteiger partial charge is 0.240 e. The van der Waals surface area contributed by atoms with Gasteiger partial charge in [0.1, 0.15) is 5.41 Å². The Balaban J connectivity index is 2.08. The van der Waals surface area contributed by atoms with Gasteiger partial charge < -0.3 is 10.2 Å². The molecule has 22 heavy (non-hydrogen) atoms. The van der Waals surface area contributed by atoms with Crippen LogP contribution in [0.4, 0.5) is 5.69 Å². The molecule has 2 amide bonds. The highest BCUT2D eigenvalue weighted by Crippen LogP contribution is 2.48. The number of nitrogens with zero attached hydrogens (tertiary/aromatic N) is 1. The molecule has 1 aliphatic carbocycles. The number of carbonyl (C=O) groups excluding carboxylic acids is 2. The van der Waals surface area contributed by atoms with Crippen molar-refractivity contribution >= 4 is 17.5 Å².